The summed E-state index contributed by atoms with van der Waals surface area (Å²) in [6, 6.07) is 11.0. The Bertz CT molecular complexity index is 597. The van der Waals surface area contributed by atoms with Crippen molar-refractivity contribution in [3.8, 4) is 11.5 Å². The van der Waals surface area contributed by atoms with Crippen LogP contribution >= 0.6 is 27.5 Å². The number of rotatable bonds is 3. The molecule has 19 heavy (non-hydrogen) atoms. The van der Waals surface area contributed by atoms with Gasteiger partial charge in [0.25, 0.3) is 0 Å². The summed E-state index contributed by atoms with van der Waals surface area (Å²) in [5.74, 6) is 1.41. The molecule has 0 amide bonds. The first kappa shape index (κ1) is 14.4. The van der Waals surface area contributed by atoms with Gasteiger partial charge in [0, 0.05) is 5.02 Å². The van der Waals surface area contributed by atoms with Gasteiger partial charge in [-0.25, -0.2) is 0 Å². The van der Waals surface area contributed by atoms with E-state index in [0.29, 0.717) is 10.8 Å². The molecule has 0 heterocycles. The Morgan fingerprint density at radius 1 is 1.16 bits per heavy atom. The van der Waals surface area contributed by atoms with Crippen LogP contribution in [0.5, 0.6) is 11.5 Å². The number of aliphatic hydroxyl groups is 1. The Labute approximate surface area is 126 Å². The maximum Gasteiger partial charge on any atom is 0.141 e. The van der Waals surface area contributed by atoms with E-state index in [4.69, 9.17) is 16.3 Å². The first-order chi connectivity index (χ1) is 8.97. The van der Waals surface area contributed by atoms with E-state index in [0.717, 1.165) is 21.3 Å². The van der Waals surface area contributed by atoms with Gasteiger partial charge in [0.15, 0.2) is 0 Å². The van der Waals surface area contributed by atoms with E-state index < -0.39 is 6.10 Å². The predicted molar refractivity (Wildman–Crippen MR) is 81.0 cm³/mol. The quantitative estimate of drug-likeness (QED) is 0.825. The van der Waals surface area contributed by atoms with Gasteiger partial charge in [-0.3, -0.25) is 0 Å². The fourth-order valence-electron chi connectivity index (χ4n) is 1.66. The smallest absolute Gasteiger partial charge is 0.141 e. The van der Waals surface area contributed by atoms with E-state index in [1.54, 1.807) is 13.0 Å². The number of aliphatic hydroxyl groups excluding tert-OH is 1. The highest BCUT2D eigenvalue weighted by Gasteiger charge is 2.09. The summed E-state index contributed by atoms with van der Waals surface area (Å²) in [4.78, 5) is 0. The minimum atomic E-state index is -0.502. The van der Waals surface area contributed by atoms with Gasteiger partial charge >= 0.3 is 0 Å². The monoisotopic (exact) mass is 340 g/mol. The van der Waals surface area contributed by atoms with Crippen LogP contribution in [-0.4, -0.2) is 5.11 Å². The van der Waals surface area contributed by atoms with Crippen molar-refractivity contribution in [3.05, 3.63) is 57.0 Å². The van der Waals surface area contributed by atoms with Gasteiger partial charge in [0.1, 0.15) is 11.5 Å². The van der Waals surface area contributed by atoms with E-state index in [1.165, 1.54) is 0 Å². The zero-order valence-electron chi connectivity index (χ0n) is 10.7. The van der Waals surface area contributed by atoms with Crippen molar-refractivity contribution in [2.75, 3.05) is 0 Å². The standard InChI is InChI=1S/C15H14BrClO2/c1-9-3-5-12(17)8-15(9)19-14-6-4-11(10(2)18)7-13(14)16/h3-8,10,18H,1-2H3. The number of ether oxygens (including phenoxy) is 1. The highest BCUT2D eigenvalue weighted by atomic mass is 79.9. The summed E-state index contributed by atoms with van der Waals surface area (Å²) in [7, 11) is 0. The van der Waals surface area contributed by atoms with Crippen molar-refractivity contribution in [1.29, 1.82) is 0 Å². The van der Waals surface area contributed by atoms with Crippen molar-refractivity contribution in [2.24, 2.45) is 0 Å². The number of hydrogen-bond donors (Lipinski definition) is 1. The van der Waals surface area contributed by atoms with Gasteiger partial charge in [-0.05, 0) is 65.2 Å². The highest BCUT2D eigenvalue weighted by Crippen LogP contribution is 2.34. The van der Waals surface area contributed by atoms with Gasteiger partial charge in [-0.2, -0.15) is 0 Å². The molecule has 4 heteroatoms. The lowest BCUT2D eigenvalue weighted by atomic mass is 10.1. The van der Waals surface area contributed by atoms with Gasteiger partial charge < -0.3 is 9.84 Å². The fourth-order valence-corrected chi connectivity index (χ4v) is 2.30. The lowest BCUT2D eigenvalue weighted by molar-refractivity contribution is 0.199. The first-order valence-electron chi connectivity index (χ1n) is 5.89. The molecule has 0 fully saturated rings. The van der Waals surface area contributed by atoms with Gasteiger partial charge in [-0.1, -0.05) is 23.7 Å². The Hall–Kier alpha value is -1.03. The molecule has 2 nitrogen and oxygen atoms in total. The van der Waals surface area contributed by atoms with Crippen LogP contribution in [0.3, 0.4) is 0 Å². The summed E-state index contributed by atoms with van der Waals surface area (Å²) >= 11 is 9.41. The van der Waals surface area contributed by atoms with E-state index >= 15 is 0 Å². The lowest BCUT2D eigenvalue weighted by Crippen LogP contribution is -1.93. The molecule has 0 aromatic heterocycles. The van der Waals surface area contributed by atoms with E-state index in [-0.39, 0.29) is 0 Å². The molecule has 2 rings (SSSR count). The average Bonchev–Trinajstić information content (AvgIpc) is 2.36. The van der Waals surface area contributed by atoms with Crippen LogP contribution in [0.15, 0.2) is 40.9 Å². The third-order valence-corrected chi connectivity index (χ3v) is 3.66. The second kappa shape index (κ2) is 5.95. The molecule has 2 aromatic carbocycles. The topological polar surface area (TPSA) is 29.5 Å². The molecule has 1 N–H and O–H groups in total. The molecule has 2 aromatic rings. The molecule has 0 aliphatic carbocycles. The SMILES string of the molecule is Cc1ccc(Cl)cc1Oc1ccc(C(C)O)cc1Br. The Kier molecular flexibility index (Phi) is 4.50. The van der Waals surface area contributed by atoms with Crippen molar-refractivity contribution >= 4 is 27.5 Å². The largest absolute Gasteiger partial charge is 0.456 e. The van der Waals surface area contributed by atoms with Crippen molar-refractivity contribution < 1.29 is 9.84 Å². The Morgan fingerprint density at radius 3 is 2.53 bits per heavy atom. The minimum absolute atomic E-state index is 0.502. The van der Waals surface area contributed by atoms with Crippen LogP contribution < -0.4 is 4.74 Å². The molecular formula is C15H14BrClO2. The van der Waals surface area contributed by atoms with Gasteiger partial charge in [0.2, 0.25) is 0 Å². The van der Waals surface area contributed by atoms with Crippen molar-refractivity contribution in [3.63, 3.8) is 0 Å². The second-order valence-electron chi connectivity index (χ2n) is 4.38. The molecule has 0 saturated carbocycles. The van der Waals surface area contributed by atoms with Crippen LogP contribution in [0, 0.1) is 6.92 Å². The van der Waals surface area contributed by atoms with Crippen LogP contribution in [0.25, 0.3) is 0 Å². The summed E-state index contributed by atoms with van der Waals surface area (Å²) in [6.45, 7) is 3.69. The third-order valence-electron chi connectivity index (χ3n) is 2.81. The molecular weight excluding hydrogens is 328 g/mol. The molecule has 0 bridgehead atoms. The molecule has 0 aliphatic heterocycles. The zero-order chi connectivity index (χ0) is 14.0. The van der Waals surface area contributed by atoms with Crippen LogP contribution in [0.2, 0.25) is 5.02 Å². The molecule has 0 radical (unpaired) electrons. The van der Waals surface area contributed by atoms with Crippen LogP contribution in [-0.2, 0) is 0 Å². The van der Waals surface area contributed by atoms with Crippen LogP contribution in [0.1, 0.15) is 24.2 Å². The zero-order valence-corrected chi connectivity index (χ0v) is 13.0. The van der Waals surface area contributed by atoms with E-state index in [9.17, 15) is 5.11 Å². The number of hydrogen-bond acceptors (Lipinski definition) is 2. The Morgan fingerprint density at radius 2 is 1.89 bits per heavy atom. The first-order valence-corrected chi connectivity index (χ1v) is 7.06. The predicted octanol–water partition coefficient (Wildman–Crippen LogP) is 5.26. The Balaban J connectivity index is 2.31. The molecule has 0 spiro atoms. The lowest BCUT2D eigenvalue weighted by Gasteiger charge is -2.12. The minimum Gasteiger partial charge on any atom is -0.456 e. The van der Waals surface area contributed by atoms with E-state index in [1.807, 2.05) is 37.3 Å². The molecule has 0 aliphatic rings. The molecule has 1 atom stereocenters. The second-order valence-corrected chi connectivity index (χ2v) is 5.67. The third kappa shape index (κ3) is 3.50. The maximum atomic E-state index is 9.53. The normalized spacial score (nSPS) is 12.3. The van der Waals surface area contributed by atoms with Crippen molar-refractivity contribution in [2.45, 2.75) is 20.0 Å². The van der Waals surface area contributed by atoms with E-state index in [2.05, 4.69) is 15.9 Å². The van der Waals surface area contributed by atoms with Gasteiger partial charge in [-0.15, -0.1) is 0 Å². The molecule has 0 saturated heterocycles. The van der Waals surface area contributed by atoms with Crippen molar-refractivity contribution in [1.82, 2.24) is 0 Å². The fraction of sp³-hybridized carbons (Fsp3) is 0.200. The maximum absolute atomic E-state index is 9.53. The van der Waals surface area contributed by atoms with Gasteiger partial charge in [0.05, 0.1) is 10.6 Å². The summed E-state index contributed by atoms with van der Waals surface area (Å²) < 4.78 is 6.64. The molecule has 100 valence electrons. The summed E-state index contributed by atoms with van der Waals surface area (Å²) in [5.41, 5.74) is 1.85. The number of benzene rings is 2. The average molecular weight is 342 g/mol. The highest BCUT2D eigenvalue weighted by molar-refractivity contribution is 9.10. The summed E-state index contributed by atoms with van der Waals surface area (Å²) in [5, 5.41) is 10.2. The molecule has 1 unspecified atom stereocenters. The number of aryl methyl sites for hydroxylation is 1. The summed E-state index contributed by atoms with van der Waals surface area (Å²) in [6.07, 6.45) is -0.502. The van der Waals surface area contributed by atoms with Crippen LogP contribution in [0.4, 0.5) is 0 Å². The number of halogens is 2.